The van der Waals surface area contributed by atoms with E-state index in [1.807, 2.05) is 4.90 Å². The van der Waals surface area contributed by atoms with Crippen molar-refractivity contribution in [3.05, 3.63) is 35.5 Å². The largest absolute Gasteiger partial charge is 0.379 e. The molecule has 0 aliphatic carbocycles. The second-order valence-corrected chi connectivity index (χ2v) is 8.20. The smallest absolute Gasteiger partial charge is 0.274 e. The lowest BCUT2D eigenvalue weighted by molar-refractivity contribution is 0.0295. The van der Waals surface area contributed by atoms with E-state index in [-0.39, 0.29) is 11.9 Å². The van der Waals surface area contributed by atoms with Crippen molar-refractivity contribution in [2.75, 3.05) is 39.5 Å². The second kappa shape index (κ2) is 7.30. The molecule has 0 N–H and O–H groups in total. The molecule has 1 amide bonds. The van der Waals surface area contributed by atoms with Crippen molar-refractivity contribution in [2.24, 2.45) is 0 Å². The lowest BCUT2D eigenvalue weighted by Crippen LogP contribution is -2.41. The molecule has 27 heavy (non-hydrogen) atoms. The standard InChI is InChI=1S/C20H23N3O3S/c24-20(22-7-10-25-11-8-22)18-16-13-27-17-6-2-1-5-15(17)19(16)23(21-18)14-4-3-9-26-12-14/h1-2,5-6,14H,3-4,7-13H2. The first kappa shape index (κ1) is 17.3. The van der Waals surface area contributed by atoms with Crippen molar-refractivity contribution in [1.29, 1.82) is 0 Å². The van der Waals surface area contributed by atoms with Gasteiger partial charge in [0.25, 0.3) is 5.91 Å². The fraction of sp³-hybridized carbons (Fsp3) is 0.500. The number of carbonyl (C=O) groups excluding carboxylic acids is 1. The molecule has 0 bridgehead atoms. The van der Waals surface area contributed by atoms with Crippen LogP contribution in [0.4, 0.5) is 0 Å². The minimum Gasteiger partial charge on any atom is -0.379 e. The van der Waals surface area contributed by atoms with Gasteiger partial charge < -0.3 is 14.4 Å². The third-order valence-corrected chi connectivity index (χ3v) is 6.61. The van der Waals surface area contributed by atoms with Crippen molar-refractivity contribution in [3.63, 3.8) is 0 Å². The summed E-state index contributed by atoms with van der Waals surface area (Å²) in [5, 5.41) is 4.88. The molecule has 0 saturated carbocycles. The number of hydrogen-bond acceptors (Lipinski definition) is 5. The van der Waals surface area contributed by atoms with E-state index in [0.717, 1.165) is 36.5 Å². The van der Waals surface area contributed by atoms with Gasteiger partial charge in [-0.2, -0.15) is 5.10 Å². The maximum absolute atomic E-state index is 13.2. The Labute approximate surface area is 162 Å². The minimum atomic E-state index is 0.0324. The molecule has 2 aromatic rings. The average Bonchev–Trinajstić information content (AvgIpc) is 3.15. The van der Waals surface area contributed by atoms with Gasteiger partial charge in [-0.1, -0.05) is 18.2 Å². The Morgan fingerprint density at radius 1 is 1.15 bits per heavy atom. The highest BCUT2D eigenvalue weighted by molar-refractivity contribution is 7.98. The third-order valence-electron chi connectivity index (χ3n) is 5.51. The summed E-state index contributed by atoms with van der Waals surface area (Å²) in [7, 11) is 0. The zero-order chi connectivity index (χ0) is 18.2. The predicted molar refractivity (Wildman–Crippen MR) is 103 cm³/mol. The molecular formula is C20H23N3O3S. The van der Waals surface area contributed by atoms with E-state index < -0.39 is 0 Å². The zero-order valence-corrected chi connectivity index (χ0v) is 16.0. The number of rotatable bonds is 2. The molecule has 4 heterocycles. The molecule has 1 aromatic carbocycles. The van der Waals surface area contributed by atoms with Crippen LogP contribution in [0.15, 0.2) is 29.2 Å². The number of ether oxygens (including phenoxy) is 2. The quantitative estimate of drug-likeness (QED) is 0.796. The van der Waals surface area contributed by atoms with Crippen LogP contribution in [0.25, 0.3) is 11.3 Å². The summed E-state index contributed by atoms with van der Waals surface area (Å²) in [6.07, 6.45) is 2.07. The van der Waals surface area contributed by atoms with E-state index in [2.05, 4.69) is 28.9 Å². The van der Waals surface area contributed by atoms with E-state index >= 15 is 0 Å². The Hall–Kier alpha value is -1.83. The van der Waals surface area contributed by atoms with Crippen LogP contribution >= 0.6 is 11.8 Å². The molecule has 1 unspecified atom stereocenters. The van der Waals surface area contributed by atoms with E-state index in [0.29, 0.717) is 38.6 Å². The summed E-state index contributed by atoms with van der Waals surface area (Å²) in [6, 6.07) is 8.62. The molecule has 142 valence electrons. The van der Waals surface area contributed by atoms with Crippen molar-refractivity contribution >= 4 is 17.7 Å². The fourth-order valence-electron chi connectivity index (χ4n) is 4.10. The van der Waals surface area contributed by atoms with Gasteiger partial charge >= 0.3 is 0 Å². The lowest BCUT2D eigenvalue weighted by Gasteiger charge is -2.26. The highest BCUT2D eigenvalue weighted by Gasteiger charge is 2.33. The number of aromatic nitrogens is 2. The second-order valence-electron chi connectivity index (χ2n) is 7.18. The normalized spacial score (nSPS) is 22.2. The summed E-state index contributed by atoms with van der Waals surface area (Å²) in [6.45, 7) is 3.94. The first-order chi connectivity index (χ1) is 13.3. The number of morpholine rings is 1. The Kier molecular flexibility index (Phi) is 4.67. The molecule has 1 atom stereocenters. The van der Waals surface area contributed by atoms with Gasteiger partial charge in [-0.25, -0.2) is 0 Å². The van der Waals surface area contributed by atoms with E-state index in [1.165, 1.54) is 10.5 Å². The summed E-state index contributed by atoms with van der Waals surface area (Å²) in [5.41, 5.74) is 3.97. The molecule has 3 aliphatic rings. The van der Waals surface area contributed by atoms with Crippen LogP contribution in [-0.4, -0.2) is 60.1 Å². The molecule has 0 radical (unpaired) electrons. The van der Waals surface area contributed by atoms with Gasteiger partial charge in [0.05, 0.1) is 31.6 Å². The number of benzene rings is 1. The van der Waals surface area contributed by atoms with Gasteiger partial charge in [0, 0.05) is 41.5 Å². The van der Waals surface area contributed by atoms with Gasteiger partial charge in [-0.15, -0.1) is 11.8 Å². The molecule has 3 aliphatic heterocycles. The van der Waals surface area contributed by atoms with Crippen LogP contribution < -0.4 is 0 Å². The number of nitrogens with zero attached hydrogens (tertiary/aromatic N) is 3. The lowest BCUT2D eigenvalue weighted by atomic mass is 10.0. The molecule has 1 aromatic heterocycles. The summed E-state index contributed by atoms with van der Waals surface area (Å²) < 4.78 is 13.2. The molecule has 2 fully saturated rings. The molecule has 2 saturated heterocycles. The first-order valence-corrected chi connectivity index (χ1v) is 10.6. The number of thioether (sulfide) groups is 1. The Balaban J connectivity index is 1.61. The van der Waals surface area contributed by atoms with Crippen LogP contribution in [-0.2, 0) is 15.2 Å². The molecule has 0 spiro atoms. The van der Waals surface area contributed by atoms with Gasteiger partial charge in [-0.05, 0) is 18.9 Å². The van der Waals surface area contributed by atoms with Crippen LogP contribution in [0, 0.1) is 0 Å². The van der Waals surface area contributed by atoms with Crippen molar-refractivity contribution in [2.45, 2.75) is 29.5 Å². The Morgan fingerprint density at radius 3 is 2.81 bits per heavy atom. The molecular weight excluding hydrogens is 362 g/mol. The van der Waals surface area contributed by atoms with Gasteiger partial charge in [0.15, 0.2) is 5.69 Å². The van der Waals surface area contributed by atoms with Crippen LogP contribution in [0.3, 0.4) is 0 Å². The van der Waals surface area contributed by atoms with Crippen molar-refractivity contribution in [1.82, 2.24) is 14.7 Å². The van der Waals surface area contributed by atoms with Gasteiger partial charge in [-0.3, -0.25) is 9.48 Å². The van der Waals surface area contributed by atoms with Crippen molar-refractivity contribution < 1.29 is 14.3 Å². The van der Waals surface area contributed by atoms with E-state index in [9.17, 15) is 4.79 Å². The minimum absolute atomic E-state index is 0.0324. The Morgan fingerprint density at radius 2 is 2.00 bits per heavy atom. The SMILES string of the molecule is O=C(c1nn(C2CCCOC2)c2c1CSc1ccccc1-2)N1CCOCC1. The first-order valence-electron chi connectivity index (χ1n) is 9.61. The predicted octanol–water partition coefficient (Wildman–Crippen LogP) is 2.98. The maximum atomic E-state index is 13.2. The van der Waals surface area contributed by atoms with Crippen LogP contribution in [0.2, 0.25) is 0 Å². The Bertz CT molecular complexity index is 854. The number of carbonyl (C=O) groups is 1. The fourth-order valence-corrected chi connectivity index (χ4v) is 5.17. The summed E-state index contributed by atoms with van der Waals surface area (Å²) in [5.74, 6) is 0.815. The van der Waals surface area contributed by atoms with Gasteiger partial charge in [0.2, 0.25) is 0 Å². The molecule has 5 rings (SSSR count). The number of amides is 1. The van der Waals surface area contributed by atoms with Gasteiger partial charge in [0.1, 0.15) is 0 Å². The average molecular weight is 385 g/mol. The van der Waals surface area contributed by atoms with E-state index in [4.69, 9.17) is 14.6 Å². The highest BCUT2D eigenvalue weighted by Crippen LogP contribution is 2.44. The summed E-state index contributed by atoms with van der Waals surface area (Å²) in [4.78, 5) is 16.4. The number of hydrogen-bond donors (Lipinski definition) is 0. The third kappa shape index (κ3) is 3.07. The maximum Gasteiger partial charge on any atom is 0.274 e. The molecule has 6 nitrogen and oxygen atoms in total. The molecule has 7 heteroatoms. The topological polar surface area (TPSA) is 56.6 Å². The highest BCUT2D eigenvalue weighted by atomic mass is 32.2. The van der Waals surface area contributed by atoms with Crippen molar-refractivity contribution in [3.8, 4) is 11.3 Å². The van der Waals surface area contributed by atoms with Crippen LogP contribution in [0.5, 0.6) is 0 Å². The number of fused-ring (bicyclic) bond motifs is 3. The summed E-state index contributed by atoms with van der Waals surface area (Å²) >= 11 is 1.79. The monoisotopic (exact) mass is 385 g/mol. The zero-order valence-electron chi connectivity index (χ0n) is 15.2. The van der Waals surface area contributed by atoms with Crippen LogP contribution in [0.1, 0.15) is 34.9 Å². The van der Waals surface area contributed by atoms with E-state index in [1.54, 1.807) is 11.8 Å².